The van der Waals surface area contributed by atoms with E-state index in [1.165, 1.54) is 17.4 Å². The van der Waals surface area contributed by atoms with Crippen molar-refractivity contribution in [2.75, 3.05) is 6.61 Å². The molecule has 3 aromatic rings. The maximum atomic E-state index is 11.9. The zero-order valence-electron chi connectivity index (χ0n) is 14.2. The van der Waals surface area contributed by atoms with E-state index in [1.807, 2.05) is 12.1 Å². The number of hydrogen-bond donors (Lipinski definition) is 1. The fourth-order valence-electron chi connectivity index (χ4n) is 3.28. The molecule has 7 nitrogen and oxygen atoms in total. The number of nitrogens with zero attached hydrogens (tertiary/aromatic N) is 2. The number of hydrogen-bond acceptors (Lipinski definition) is 6. The average Bonchev–Trinajstić information content (AvgIpc) is 3.30. The normalized spacial score (nSPS) is 17.8. The van der Waals surface area contributed by atoms with Crippen molar-refractivity contribution in [1.82, 2.24) is 9.78 Å². The molecule has 1 N–H and O–H groups in total. The Bertz CT molecular complexity index is 912. The Kier molecular flexibility index (Phi) is 4.73. The van der Waals surface area contributed by atoms with Gasteiger partial charge in [0.1, 0.15) is 0 Å². The number of benzene rings is 1. The zero-order valence-corrected chi connectivity index (χ0v) is 14.2. The second kappa shape index (κ2) is 7.31. The van der Waals surface area contributed by atoms with Gasteiger partial charge in [-0.25, -0.2) is 4.79 Å². The molecule has 1 aliphatic carbocycles. The maximum Gasteiger partial charge on any atom is 0.437 e. The smallest absolute Gasteiger partial charge is 0.437 e. The fraction of sp³-hybridized carbons (Fsp3) is 0.368. The number of aromatic nitrogens is 2. The van der Waals surface area contributed by atoms with E-state index in [0.717, 1.165) is 23.9 Å². The summed E-state index contributed by atoms with van der Waals surface area (Å²) in [7, 11) is 0. The molecule has 0 radical (unpaired) electrons. The SMILES string of the molecule is O=c1oc(-c2ccco2)nn1C[C@H](O)CO[C@@H]1CCCc2ccccc21. The number of ether oxygens (including phenoxy) is 1. The van der Waals surface area contributed by atoms with E-state index in [0.29, 0.717) is 5.76 Å². The predicted octanol–water partition coefficient (Wildman–Crippen LogP) is 2.55. The minimum atomic E-state index is -0.865. The van der Waals surface area contributed by atoms with E-state index in [2.05, 4.69) is 17.2 Å². The fourth-order valence-corrected chi connectivity index (χ4v) is 3.28. The lowest BCUT2D eigenvalue weighted by Gasteiger charge is -2.26. The van der Waals surface area contributed by atoms with Crippen molar-refractivity contribution in [3.63, 3.8) is 0 Å². The summed E-state index contributed by atoms with van der Waals surface area (Å²) in [6.45, 7) is 0.117. The van der Waals surface area contributed by atoms with Gasteiger partial charge in [0.05, 0.1) is 31.6 Å². The van der Waals surface area contributed by atoms with Gasteiger partial charge in [0.2, 0.25) is 0 Å². The number of furan rings is 1. The van der Waals surface area contributed by atoms with Crippen LogP contribution < -0.4 is 5.76 Å². The molecule has 136 valence electrons. The van der Waals surface area contributed by atoms with Crippen LogP contribution in [0.4, 0.5) is 0 Å². The molecule has 0 bridgehead atoms. The van der Waals surface area contributed by atoms with Gasteiger partial charge in [0.25, 0.3) is 5.89 Å². The standard InChI is InChI=1S/C19H20N2O5/c22-14(11-21-19(23)26-18(20-21)17-9-4-10-24-17)12-25-16-8-3-6-13-5-1-2-7-15(13)16/h1-2,4-5,7,9-10,14,16,22H,3,6,8,11-12H2/t14-,16+/m0/s1. The summed E-state index contributed by atoms with van der Waals surface area (Å²) >= 11 is 0. The largest absolute Gasteiger partial charge is 0.459 e. The highest BCUT2D eigenvalue weighted by Gasteiger charge is 2.22. The highest BCUT2D eigenvalue weighted by atomic mass is 16.5. The van der Waals surface area contributed by atoms with E-state index in [-0.39, 0.29) is 25.1 Å². The molecule has 1 aromatic carbocycles. The first-order valence-electron chi connectivity index (χ1n) is 8.70. The Morgan fingerprint density at radius 1 is 1.31 bits per heavy atom. The molecule has 0 saturated carbocycles. The summed E-state index contributed by atoms with van der Waals surface area (Å²) in [6.07, 6.45) is 3.63. The predicted molar refractivity (Wildman–Crippen MR) is 92.5 cm³/mol. The van der Waals surface area contributed by atoms with E-state index in [1.54, 1.807) is 12.1 Å². The number of rotatable bonds is 6. The molecule has 0 aliphatic heterocycles. The van der Waals surface area contributed by atoms with E-state index in [9.17, 15) is 9.90 Å². The molecular formula is C19H20N2O5. The molecular weight excluding hydrogens is 336 g/mol. The molecule has 26 heavy (non-hydrogen) atoms. The van der Waals surface area contributed by atoms with Crippen molar-refractivity contribution in [3.05, 3.63) is 64.3 Å². The lowest BCUT2D eigenvalue weighted by molar-refractivity contribution is -0.0241. The lowest BCUT2D eigenvalue weighted by Crippen LogP contribution is -2.29. The molecule has 7 heteroatoms. The first-order chi connectivity index (χ1) is 12.7. The van der Waals surface area contributed by atoms with Crippen LogP contribution in [0.2, 0.25) is 0 Å². The average molecular weight is 356 g/mol. The zero-order chi connectivity index (χ0) is 17.9. The Morgan fingerprint density at radius 3 is 3.04 bits per heavy atom. The van der Waals surface area contributed by atoms with Gasteiger partial charge in [0.15, 0.2) is 5.76 Å². The van der Waals surface area contributed by atoms with Crippen molar-refractivity contribution < 1.29 is 18.7 Å². The van der Waals surface area contributed by atoms with Crippen molar-refractivity contribution >= 4 is 0 Å². The maximum absolute atomic E-state index is 11.9. The molecule has 2 heterocycles. The minimum absolute atomic E-state index is 0.00257. The molecule has 1 aliphatic rings. The van der Waals surface area contributed by atoms with Gasteiger partial charge >= 0.3 is 5.76 Å². The Hall–Kier alpha value is -2.64. The minimum Gasteiger partial charge on any atom is -0.459 e. The van der Waals surface area contributed by atoms with Crippen LogP contribution in [-0.2, 0) is 17.7 Å². The molecule has 0 fully saturated rings. The molecule has 0 unspecified atom stereocenters. The van der Waals surface area contributed by atoms with Crippen LogP contribution in [-0.4, -0.2) is 27.6 Å². The molecule has 4 rings (SSSR count). The van der Waals surface area contributed by atoms with Crippen molar-refractivity contribution in [3.8, 4) is 11.7 Å². The molecule has 2 atom stereocenters. The van der Waals surface area contributed by atoms with Gasteiger partial charge in [-0.15, -0.1) is 5.10 Å². The number of aliphatic hydroxyl groups excluding tert-OH is 1. The first kappa shape index (κ1) is 16.8. The van der Waals surface area contributed by atoms with E-state index in [4.69, 9.17) is 13.6 Å². The van der Waals surface area contributed by atoms with Gasteiger partial charge in [-0.3, -0.25) is 0 Å². The molecule has 0 saturated heterocycles. The monoisotopic (exact) mass is 356 g/mol. The first-order valence-corrected chi connectivity index (χ1v) is 8.70. The highest BCUT2D eigenvalue weighted by Crippen LogP contribution is 2.32. The summed E-state index contributed by atoms with van der Waals surface area (Å²) in [6, 6.07) is 11.6. The van der Waals surface area contributed by atoms with Crippen LogP contribution in [0.5, 0.6) is 0 Å². The summed E-state index contributed by atoms with van der Waals surface area (Å²) < 4.78 is 17.2. The highest BCUT2D eigenvalue weighted by molar-refractivity contribution is 5.42. The van der Waals surface area contributed by atoms with Crippen LogP contribution in [0, 0.1) is 0 Å². The topological polar surface area (TPSA) is 90.6 Å². The Labute approximate surface area is 149 Å². The van der Waals surface area contributed by atoms with Gasteiger partial charge in [0, 0.05) is 0 Å². The molecule has 0 amide bonds. The third-order valence-corrected chi connectivity index (χ3v) is 4.53. The second-order valence-corrected chi connectivity index (χ2v) is 6.40. The Balaban J connectivity index is 1.38. The van der Waals surface area contributed by atoms with Gasteiger partial charge in [-0.2, -0.15) is 4.68 Å². The second-order valence-electron chi connectivity index (χ2n) is 6.40. The molecule has 0 spiro atoms. The Morgan fingerprint density at radius 2 is 2.19 bits per heavy atom. The van der Waals surface area contributed by atoms with Crippen LogP contribution in [0.1, 0.15) is 30.1 Å². The van der Waals surface area contributed by atoms with Crippen molar-refractivity contribution in [2.45, 2.75) is 38.0 Å². The van der Waals surface area contributed by atoms with Crippen molar-refractivity contribution in [1.29, 1.82) is 0 Å². The number of aryl methyl sites for hydroxylation is 1. The third kappa shape index (κ3) is 3.49. The summed E-state index contributed by atoms with van der Waals surface area (Å²) in [5, 5.41) is 14.3. The number of aliphatic hydroxyl groups is 1. The van der Waals surface area contributed by atoms with Crippen LogP contribution in [0.25, 0.3) is 11.7 Å². The quantitative estimate of drug-likeness (QED) is 0.730. The van der Waals surface area contributed by atoms with E-state index < -0.39 is 11.9 Å². The van der Waals surface area contributed by atoms with Crippen LogP contribution in [0.15, 0.2) is 56.3 Å². The summed E-state index contributed by atoms with van der Waals surface area (Å²) in [5.74, 6) is -0.182. The van der Waals surface area contributed by atoms with Crippen LogP contribution in [0.3, 0.4) is 0 Å². The summed E-state index contributed by atoms with van der Waals surface area (Å²) in [4.78, 5) is 11.9. The lowest BCUT2D eigenvalue weighted by atomic mass is 9.89. The number of fused-ring (bicyclic) bond motifs is 1. The summed E-state index contributed by atoms with van der Waals surface area (Å²) in [5.41, 5.74) is 2.48. The van der Waals surface area contributed by atoms with Gasteiger partial charge < -0.3 is 18.7 Å². The van der Waals surface area contributed by atoms with Crippen LogP contribution >= 0.6 is 0 Å². The van der Waals surface area contributed by atoms with E-state index >= 15 is 0 Å². The van der Waals surface area contributed by atoms with Gasteiger partial charge in [-0.05, 0) is 42.5 Å². The van der Waals surface area contributed by atoms with Crippen molar-refractivity contribution in [2.24, 2.45) is 0 Å². The third-order valence-electron chi connectivity index (χ3n) is 4.53. The van der Waals surface area contributed by atoms with Gasteiger partial charge in [-0.1, -0.05) is 24.3 Å². The molecule has 2 aromatic heterocycles.